The normalized spacial score (nSPS) is 21.7. The highest BCUT2D eigenvalue weighted by Gasteiger charge is 2.34. The number of anilines is 1. The van der Waals surface area contributed by atoms with Crippen molar-refractivity contribution in [2.75, 3.05) is 32.7 Å². The summed E-state index contributed by atoms with van der Waals surface area (Å²) in [5.41, 5.74) is 3.46. The minimum absolute atomic E-state index is 0.0127. The van der Waals surface area contributed by atoms with Crippen molar-refractivity contribution in [3.8, 4) is 11.3 Å². The molecule has 0 radical (unpaired) electrons. The van der Waals surface area contributed by atoms with Crippen LogP contribution in [0.4, 0.5) is 5.82 Å². The minimum atomic E-state index is -0.177. The van der Waals surface area contributed by atoms with Crippen LogP contribution in [-0.2, 0) is 20.9 Å². The summed E-state index contributed by atoms with van der Waals surface area (Å²) in [5, 5.41) is 10.4. The van der Waals surface area contributed by atoms with E-state index in [0.717, 1.165) is 54.0 Å². The minimum Gasteiger partial charge on any atom is -0.379 e. The van der Waals surface area contributed by atoms with Crippen LogP contribution in [0.1, 0.15) is 29.6 Å². The Morgan fingerprint density at radius 2 is 2.28 bits per heavy atom. The predicted octanol–water partition coefficient (Wildman–Crippen LogP) is 1.88. The van der Waals surface area contributed by atoms with Crippen LogP contribution in [-0.4, -0.2) is 71.2 Å². The number of rotatable bonds is 8. The van der Waals surface area contributed by atoms with Crippen LogP contribution in [0.2, 0.25) is 0 Å². The number of carbonyl (C=O) groups is 1. The molecule has 5 heterocycles. The van der Waals surface area contributed by atoms with Crippen LogP contribution in [0.3, 0.4) is 0 Å². The van der Waals surface area contributed by atoms with Gasteiger partial charge in [0, 0.05) is 44.1 Å². The molecule has 2 aliphatic rings. The predicted molar refractivity (Wildman–Crippen MR) is 132 cm³/mol. The average Bonchev–Trinajstić information content (AvgIpc) is 3.63. The summed E-state index contributed by atoms with van der Waals surface area (Å²) in [6.07, 6.45) is 8.36. The number of H-pyrrole nitrogens is 1. The molecule has 2 fully saturated rings. The summed E-state index contributed by atoms with van der Waals surface area (Å²) >= 11 is 0. The van der Waals surface area contributed by atoms with E-state index in [2.05, 4.69) is 20.7 Å². The molecular weight excluding hydrogens is 462 g/mol. The van der Waals surface area contributed by atoms with Gasteiger partial charge in [-0.1, -0.05) is 4.98 Å². The first kappa shape index (κ1) is 22.9. The smallest absolute Gasteiger partial charge is 0.299 e. The number of amides is 1. The molecule has 1 amide bonds. The van der Waals surface area contributed by atoms with Gasteiger partial charge in [0.2, 0.25) is 5.82 Å². The van der Waals surface area contributed by atoms with E-state index in [0.29, 0.717) is 24.5 Å². The molecule has 1 saturated carbocycles. The molecule has 4 aromatic heterocycles. The van der Waals surface area contributed by atoms with Crippen molar-refractivity contribution in [1.29, 1.82) is 0 Å². The number of methoxy groups -OCH3 is 1. The fourth-order valence-corrected chi connectivity index (χ4v) is 4.92. The first-order valence-corrected chi connectivity index (χ1v) is 12.3. The van der Waals surface area contributed by atoms with Crippen LogP contribution < -0.4 is 15.1 Å². The van der Waals surface area contributed by atoms with Gasteiger partial charge in [0.1, 0.15) is 17.9 Å². The molecule has 1 aliphatic carbocycles. The Morgan fingerprint density at radius 3 is 3.03 bits per heavy atom. The summed E-state index contributed by atoms with van der Waals surface area (Å²) in [6.45, 7) is 1.72. The SMILES string of the molecule is CNc1cc(-c2cn(CO[C@@H]3CCOC3)c3ncccc23)nc2c(C(=O)N[C@H]3CC[C@@H]3OC)c[nH][n+]12. The summed E-state index contributed by atoms with van der Waals surface area (Å²) in [4.78, 5) is 22.7. The largest absolute Gasteiger partial charge is 0.379 e. The lowest BCUT2D eigenvalue weighted by atomic mass is 9.89. The highest BCUT2D eigenvalue weighted by molar-refractivity contribution is 6.00. The van der Waals surface area contributed by atoms with Gasteiger partial charge in [0.05, 0.1) is 37.1 Å². The van der Waals surface area contributed by atoms with Gasteiger partial charge in [-0.25, -0.2) is 4.98 Å². The van der Waals surface area contributed by atoms with Crippen LogP contribution in [0.25, 0.3) is 27.9 Å². The number of pyridine rings is 1. The second-order valence-corrected chi connectivity index (χ2v) is 9.22. The standard InChI is InChI=1S/C25H29N7O4/c1-26-22-10-20(29-24-17(11-28-32(22)24)25(33)30-19-5-6-21(19)34-2)18-12-31(14-36-15-7-9-35-13-15)23-16(18)4-3-8-27-23/h3-4,8,10-12,15,19,21H,5-7,9,13-14H2,1-2H3,(H2,26,28,29,30,33)/p+1/t15-,19+,21+/m1/s1. The van der Waals surface area contributed by atoms with E-state index in [-0.39, 0.29) is 24.2 Å². The molecule has 1 saturated heterocycles. The molecule has 0 unspecified atom stereocenters. The second-order valence-electron chi connectivity index (χ2n) is 9.22. The number of ether oxygens (including phenoxy) is 3. The first-order valence-electron chi connectivity index (χ1n) is 12.3. The average molecular weight is 493 g/mol. The topological polar surface area (TPSA) is 119 Å². The first-order chi connectivity index (χ1) is 17.7. The van der Waals surface area contributed by atoms with Crippen molar-refractivity contribution in [2.45, 2.75) is 44.2 Å². The van der Waals surface area contributed by atoms with Crippen LogP contribution in [0.5, 0.6) is 0 Å². The van der Waals surface area contributed by atoms with Crippen molar-refractivity contribution in [1.82, 2.24) is 25.0 Å². The van der Waals surface area contributed by atoms with Gasteiger partial charge in [-0.05, 0) is 31.4 Å². The number of nitrogens with zero attached hydrogens (tertiary/aromatic N) is 4. The van der Waals surface area contributed by atoms with Crippen molar-refractivity contribution in [2.24, 2.45) is 0 Å². The number of fused-ring (bicyclic) bond motifs is 2. The number of aromatic amines is 1. The fraction of sp³-hybridized carbons (Fsp3) is 0.440. The van der Waals surface area contributed by atoms with Gasteiger partial charge in [-0.15, -0.1) is 4.52 Å². The summed E-state index contributed by atoms with van der Waals surface area (Å²) in [7, 11) is 3.52. The molecule has 0 spiro atoms. The van der Waals surface area contributed by atoms with Gasteiger partial charge in [-0.2, -0.15) is 0 Å². The van der Waals surface area contributed by atoms with Gasteiger partial charge < -0.3 is 29.4 Å². The van der Waals surface area contributed by atoms with E-state index in [4.69, 9.17) is 19.2 Å². The second kappa shape index (κ2) is 9.49. The van der Waals surface area contributed by atoms with Crippen LogP contribution in [0.15, 0.2) is 36.8 Å². The molecule has 188 valence electrons. The Bertz CT molecular complexity index is 1410. The third kappa shape index (κ3) is 3.98. The van der Waals surface area contributed by atoms with Crippen LogP contribution in [0, 0.1) is 0 Å². The quantitative estimate of drug-likeness (QED) is 0.321. The summed E-state index contributed by atoms with van der Waals surface area (Å²) in [5.74, 6) is 0.597. The van der Waals surface area contributed by atoms with Crippen molar-refractivity contribution in [3.63, 3.8) is 0 Å². The van der Waals surface area contributed by atoms with Crippen LogP contribution >= 0.6 is 0 Å². The van der Waals surface area contributed by atoms with E-state index < -0.39 is 0 Å². The molecule has 11 nitrogen and oxygen atoms in total. The van der Waals surface area contributed by atoms with Crippen molar-refractivity contribution >= 4 is 28.4 Å². The zero-order valence-electron chi connectivity index (χ0n) is 20.4. The third-order valence-corrected chi connectivity index (χ3v) is 7.11. The zero-order chi connectivity index (χ0) is 24.6. The monoisotopic (exact) mass is 492 g/mol. The molecule has 4 aromatic rings. The molecule has 1 aliphatic heterocycles. The lowest BCUT2D eigenvalue weighted by Gasteiger charge is -2.35. The maximum Gasteiger partial charge on any atom is 0.299 e. The van der Waals surface area contributed by atoms with Gasteiger partial charge in [0.25, 0.3) is 11.6 Å². The van der Waals surface area contributed by atoms with Crippen molar-refractivity contribution < 1.29 is 23.5 Å². The van der Waals surface area contributed by atoms with E-state index in [9.17, 15) is 4.79 Å². The van der Waals surface area contributed by atoms with E-state index in [1.54, 1.807) is 24.0 Å². The number of nitrogens with one attached hydrogen (secondary N) is 3. The molecule has 3 atom stereocenters. The number of hydrogen-bond donors (Lipinski definition) is 3. The summed E-state index contributed by atoms with van der Waals surface area (Å²) < 4.78 is 20.7. The molecule has 11 heteroatoms. The Morgan fingerprint density at radius 1 is 1.36 bits per heavy atom. The Kier molecular flexibility index (Phi) is 6.04. The molecule has 36 heavy (non-hydrogen) atoms. The maximum absolute atomic E-state index is 13.2. The molecule has 3 N–H and O–H groups in total. The molecule has 6 rings (SSSR count). The molecule has 0 aromatic carbocycles. The molecular formula is C25H30N7O4+. The highest BCUT2D eigenvalue weighted by atomic mass is 16.5. The van der Waals surface area contributed by atoms with E-state index in [1.807, 2.05) is 36.0 Å². The van der Waals surface area contributed by atoms with E-state index >= 15 is 0 Å². The number of aromatic nitrogens is 5. The highest BCUT2D eigenvalue weighted by Crippen LogP contribution is 2.30. The Labute approximate surface area is 207 Å². The van der Waals surface area contributed by atoms with E-state index in [1.165, 1.54) is 0 Å². The number of hydrogen-bond acceptors (Lipinski definition) is 7. The Balaban J connectivity index is 1.38. The fourth-order valence-electron chi connectivity index (χ4n) is 4.92. The van der Waals surface area contributed by atoms with Crippen molar-refractivity contribution in [3.05, 3.63) is 42.4 Å². The van der Waals surface area contributed by atoms with Gasteiger partial charge in [-0.3, -0.25) is 9.89 Å². The maximum atomic E-state index is 13.2. The lowest BCUT2D eigenvalue weighted by molar-refractivity contribution is -0.563. The van der Waals surface area contributed by atoms with Gasteiger partial charge in [0.15, 0.2) is 5.69 Å². The third-order valence-electron chi connectivity index (χ3n) is 7.11. The number of carbonyl (C=O) groups excluding carboxylic acids is 1. The Hall–Kier alpha value is -3.54. The molecule has 0 bridgehead atoms. The van der Waals surface area contributed by atoms with Gasteiger partial charge >= 0.3 is 0 Å². The lowest BCUT2D eigenvalue weighted by Crippen LogP contribution is -2.51. The summed E-state index contributed by atoms with van der Waals surface area (Å²) in [6, 6.07) is 5.90. The zero-order valence-corrected chi connectivity index (χ0v) is 20.4.